The Balaban J connectivity index is 1.23. The molecule has 0 unspecified atom stereocenters. The number of fused-ring (bicyclic) bond motifs is 1. The topological polar surface area (TPSA) is 126 Å². The van der Waals surface area contributed by atoms with E-state index in [1.165, 1.54) is 11.3 Å². The smallest absolute Gasteiger partial charge is 0.263 e. The maximum atomic E-state index is 13.4. The van der Waals surface area contributed by atoms with Crippen LogP contribution in [0.25, 0.3) is 0 Å². The van der Waals surface area contributed by atoms with Gasteiger partial charge in [0.25, 0.3) is 17.7 Å². The summed E-state index contributed by atoms with van der Waals surface area (Å²) < 4.78 is 10.8. The highest BCUT2D eigenvalue weighted by molar-refractivity contribution is 7.12. The van der Waals surface area contributed by atoms with Crippen LogP contribution in [0.15, 0.2) is 53.9 Å². The second-order valence-electron chi connectivity index (χ2n) is 10.9. The molecule has 0 spiro atoms. The number of anilines is 2. The van der Waals surface area contributed by atoms with Gasteiger partial charge in [-0.25, -0.2) is 0 Å². The number of nitrogens with two attached hydrogens (primary N) is 1. The van der Waals surface area contributed by atoms with Crippen molar-refractivity contribution >= 4 is 40.4 Å². The quantitative estimate of drug-likeness (QED) is 0.396. The zero-order valence-corrected chi connectivity index (χ0v) is 24.2. The van der Waals surface area contributed by atoms with Gasteiger partial charge in [-0.3, -0.25) is 14.4 Å². The Morgan fingerprint density at radius 1 is 0.857 bits per heavy atom. The first-order chi connectivity index (χ1) is 20.4. The number of carbonyl (C=O) groups is 3. The molecule has 0 radical (unpaired) electrons. The van der Waals surface area contributed by atoms with E-state index in [4.69, 9.17) is 15.2 Å². The molecular weight excluding hydrogens is 554 g/mol. The first-order valence-corrected chi connectivity index (χ1v) is 15.3. The number of ether oxygens (including phenoxy) is 2. The van der Waals surface area contributed by atoms with E-state index in [1.807, 2.05) is 28.5 Å². The van der Waals surface area contributed by atoms with E-state index in [9.17, 15) is 14.4 Å². The minimum absolute atomic E-state index is 0.0406. The van der Waals surface area contributed by atoms with Crippen LogP contribution < -0.4 is 30.7 Å². The lowest BCUT2D eigenvalue weighted by molar-refractivity contribution is 0.0771. The molecule has 0 atom stereocenters. The van der Waals surface area contributed by atoms with Gasteiger partial charge in [0.05, 0.1) is 16.3 Å². The lowest BCUT2D eigenvalue weighted by atomic mass is 9.91. The minimum Gasteiger partial charge on any atom is -0.454 e. The molecule has 2 fully saturated rings. The van der Waals surface area contributed by atoms with Crippen LogP contribution in [0, 0.1) is 0 Å². The number of rotatable bonds is 6. The van der Waals surface area contributed by atoms with Gasteiger partial charge in [-0.1, -0.05) is 6.07 Å². The Labute approximate surface area is 248 Å². The Bertz CT molecular complexity index is 1450. The first-order valence-electron chi connectivity index (χ1n) is 14.4. The van der Waals surface area contributed by atoms with Crippen molar-refractivity contribution in [1.82, 2.24) is 10.2 Å². The van der Waals surface area contributed by atoms with Gasteiger partial charge < -0.3 is 35.6 Å². The number of benzene rings is 2. The normalized spacial score (nSPS) is 20.1. The van der Waals surface area contributed by atoms with E-state index in [1.54, 1.807) is 30.3 Å². The van der Waals surface area contributed by atoms with E-state index in [0.29, 0.717) is 54.5 Å². The van der Waals surface area contributed by atoms with Crippen molar-refractivity contribution in [3.8, 4) is 11.5 Å². The molecule has 6 rings (SSSR count). The molecule has 42 heavy (non-hydrogen) atoms. The number of hydrogen-bond acceptors (Lipinski definition) is 8. The van der Waals surface area contributed by atoms with Crippen molar-refractivity contribution in [2.24, 2.45) is 5.73 Å². The summed E-state index contributed by atoms with van der Waals surface area (Å²) in [6.45, 7) is 2.62. The molecule has 1 saturated heterocycles. The van der Waals surface area contributed by atoms with Crippen LogP contribution in [0.3, 0.4) is 0 Å². The maximum absolute atomic E-state index is 13.4. The maximum Gasteiger partial charge on any atom is 0.263 e. The van der Waals surface area contributed by atoms with Crippen LogP contribution in [0.1, 0.15) is 62.5 Å². The van der Waals surface area contributed by atoms with E-state index < -0.39 is 0 Å². The standard InChI is InChI=1S/C31H35N5O5S/c32-22-6-8-23(9-7-22)33-29(37)20-4-10-25(35-12-2-13-36(15-14-35)31(39)28-3-1-16-42-28)24(17-20)34-30(38)21-5-11-26-27(18-21)41-19-40-26/h1,3-5,10-11,16-18,22-23H,2,6-9,12-15,19,32H2,(H,33,37)(H,34,38). The number of thiophene rings is 1. The lowest BCUT2D eigenvalue weighted by Crippen LogP contribution is -2.40. The summed E-state index contributed by atoms with van der Waals surface area (Å²) in [7, 11) is 0. The third-order valence-corrected chi connectivity index (χ3v) is 8.96. The molecule has 1 saturated carbocycles. The number of nitrogens with one attached hydrogen (secondary N) is 2. The summed E-state index contributed by atoms with van der Waals surface area (Å²) in [5.41, 5.74) is 8.26. The fraction of sp³-hybridized carbons (Fsp3) is 0.387. The lowest BCUT2D eigenvalue weighted by Gasteiger charge is -2.28. The predicted octanol–water partition coefficient (Wildman–Crippen LogP) is 4.08. The molecule has 3 aromatic rings. The van der Waals surface area contributed by atoms with Crippen molar-refractivity contribution < 1.29 is 23.9 Å². The van der Waals surface area contributed by atoms with Gasteiger partial charge >= 0.3 is 0 Å². The van der Waals surface area contributed by atoms with Gasteiger partial charge in [0.2, 0.25) is 6.79 Å². The minimum atomic E-state index is -0.322. The van der Waals surface area contributed by atoms with Crippen LogP contribution in [0.2, 0.25) is 0 Å². The summed E-state index contributed by atoms with van der Waals surface area (Å²) in [6, 6.07) is 14.5. The molecule has 3 amide bonds. The number of amides is 3. The van der Waals surface area contributed by atoms with Crippen LogP contribution in [-0.4, -0.2) is 67.7 Å². The molecule has 220 valence electrons. The average Bonchev–Trinajstić information content (AvgIpc) is 3.65. The Hall–Kier alpha value is -4.09. The molecule has 2 aliphatic heterocycles. The largest absolute Gasteiger partial charge is 0.454 e. The predicted molar refractivity (Wildman–Crippen MR) is 162 cm³/mol. The van der Waals surface area contributed by atoms with Crippen molar-refractivity contribution in [2.45, 2.75) is 44.2 Å². The summed E-state index contributed by atoms with van der Waals surface area (Å²) in [5.74, 6) is 0.660. The molecule has 2 aromatic carbocycles. The second kappa shape index (κ2) is 12.4. The Kier molecular flexibility index (Phi) is 8.29. The van der Waals surface area contributed by atoms with Crippen molar-refractivity contribution in [2.75, 3.05) is 43.2 Å². The van der Waals surface area contributed by atoms with E-state index in [-0.39, 0.29) is 36.6 Å². The molecule has 4 N–H and O–H groups in total. The van der Waals surface area contributed by atoms with E-state index in [0.717, 1.165) is 42.7 Å². The Morgan fingerprint density at radius 2 is 1.64 bits per heavy atom. The molecule has 0 bridgehead atoms. The first kappa shape index (κ1) is 28.0. The van der Waals surface area contributed by atoms with Crippen molar-refractivity contribution in [1.29, 1.82) is 0 Å². The third-order valence-electron chi connectivity index (χ3n) is 8.10. The molecular formula is C31H35N5O5S. The Morgan fingerprint density at radius 3 is 2.45 bits per heavy atom. The summed E-state index contributed by atoms with van der Waals surface area (Å²) in [5, 5.41) is 8.10. The molecule has 3 heterocycles. The molecule has 10 nitrogen and oxygen atoms in total. The van der Waals surface area contributed by atoms with Gasteiger partial charge in [-0.2, -0.15) is 0 Å². The van der Waals surface area contributed by atoms with Crippen LogP contribution in [0.5, 0.6) is 11.5 Å². The zero-order valence-electron chi connectivity index (χ0n) is 23.3. The summed E-state index contributed by atoms with van der Waals surface area (Å²) in [4.78, 5) is 44.5. The highest BCUT2D eigenvalue weighted by Gasteiger charge is 2.25. The number of carbonyl (C=O) groups excluding carboxylic acids is 3. The molecule has 1 aromatic heterocycles. The number of hydrogen-bond donors (Lipinski definition) is 3. The van der Waals surface area contributed by atoms with Gasteiger partial charge in [0.1, 0.15) is 0 Å². The molecule has 11 heteroatoms. The zero-order chi connectivity index (χ0) is 29.1. The SMILES string of the molecule is NC1CCC(NC(=O)c2ccc(N3CCCN(C(=O)c4cccs4)CC3)c(NC(=O)c3ccc4c(c3)OCO4)c2)CC1. The third kappa shape index (κ3) is 6.22. The monoisotopic (exact) mass is 589 g/mol. The van der Waals surface area contributed by atoms with Crippen LogP contribution in [0.4, 0.5) is 11.4 Å². The average molecular weight is 590 g/mol. The summed E-state index contributed by atoms with van der Waals surface area (Å²) in [6.07, 6.45) is 4.27. The van der Waals surface area contributed by atoms with E-state index >= 15 is 0 Å². The van der Waals surface area contributed by atoms with Gasteiger partial charge in [0, 0.05) is 49.4 Å². The van der Waals surface area contributed by atoms with Crippen LogP contribution in [-0.2, 0) is 0 Å². The van der Waals surface area contributed by atoms with E-state index in [2.05, 4.69) is 15.5 Å². The second-order valence-corrected chi connectivity index (χ2v) is 11.9. The fourth-order valence-corrected chi connectivity index (χ4v) is 6.43. The fourth-order valence-electron chi connectivity index (χ4n) is 5.74. The van der Waals surface area contributed by atoms with Gasteiger partial charge in [-0.15, -0.1) is 11.3 Å². The highest BCUT2D eigenvalue weighted by atomic mass is 32.1. The summed E-state index contributed by atoms with van der Waals surface area (Å²) >= 11 is 1.45. The van der Waals surface area contributed by atoms with Crippen molar-refractivity contribution in [3.63, 3.8) is 0 Å². The van der Waals surface area contributed by atoms with Crippen molar-refractivity contribution in [3.05, 3.63) is 69.9 Å². The van der Waals surface area contributed by atoms with Gasteiger partial charge in [0.15, 0.2) is 11.5 Å². The number of nitrogens with zero attached hydrogens (tertiary/aromatic N) is 2. The molecule has 3 aliphatic rings. The molecule has 1 aliphatic carbocycles. The van der Waals surface area contributed by atoms with Crippen LogP contribution >= 0.6 is 11.3 Å². The highest BCUT2D eigenvalue weighted by Crippen LogP contribution is 2.34. The van der Waals surface area contributed by atoms with Gasteiger partial charge in [-0.05, 0) is 79.9 Å².